The summed E-state index contributed by atoms with van der Waals surface area (Å²) in [5.74, 6) is 0.446. The van der Waals surface area contributed by atoms with Gasteiger partial charge in [-0.05, 0) is 36.8 Å². The first-order chi connectivity index (χ1) is 10.4. The number of hydrogen-bond acceptors (Lipinski definition) is 5. The number of nitrogens with zero attached hydrogens (tertiary/aromatic N) is 1. The summed E-state index contributed by atoms with van der Waals surface area (Å²) in [4.78, 5) is 21.4. The summed E-state index contributed by atoms with van der Waals surface area (Å²) in [6.45, 7) is 2.03. The summed E-state index contributed by atoms with van der Waals surface area (Å²) in [7, 11) is -3.23. The summed E-state index contributed by atoms with van der Waals surface area (Å²) < 4.78 is 22.9. The second-order valence-electron chi connectivity index (χ2n) is 5.00. The fraction of sp³-hybridized carbons (Fsp3) is 0.200. The predicted octanol–water partition coefficient (Wildman–Crippen LogP) is 2.62. The quantitative estimate of drug-likeness (QED) is 0.798. The van der Waals surface area contributed by atoms with Crippen LogP contribution in [-0.4, -0.2) is 24.6 Å². The Hall–Kier alpha value is -1.99. The van der Waals surface area contributed by atoms with E-state index in [0.717, 1.165) is 17.6 Å². The maximum absolute atomic E-state index is 12.1. The van der Waals surface area contributed by atoms with Crippen LogP contribution in [0.4, 0.5) is 0 Å². The topological polar surface area (TPSA) is 79.9 Å². The van der Waals surface area contributed by atoms with Crippen LogP contribution in [0.2, 0.25) is 0 Å². The minimum absolute atomic E-state index is 0.178. The molecule has 3 rings (SSSR count). The van der Waals surface area contributed by atoms with E-state index < -0.39 is 9.84 Å². The van der Waals surface area contributed by atoms with Crippen LogP contribution in [-0.2, 0) is 16.3 Å². The van der Waals surface area contributed by atoms with E-state index in [1.165, 1.54) is 23.5 Å². The maximum Gasteiger partial charge on any atom is 0.259 e. The molecular formula is C15H14N2O3S2. The van der Waals surface area contributed by atoms with Crippen molar-refractivity contribution in [3.63, 3.8) is 0 Å². The fourth-order valence-electron chi connectivity index (χ4n) is 2.15. The Labute approximate surface area is 131 Å². The summed E-state index contributed by atoms with van der Waals surface area (Å²) in [6, 6.07) is 8.19. The molecule has 0 aliphatic heterocycles. The van der Waals surface area contributed by atoms with Crippen LogP contribution in [0.5, 0.6) is 0 Å². The number of H-pyrrole nitrogens is 1. The number of aryl methyl sites for hydroxylation is 1. The Balaban J connectivity index is 2.12. The molecule has 1 N–H and O–H groups in total. The Morgan fingerprint density at radius 2 is 1.91 bits per heavy atom. The smallest absolute Gasteiger partial charge is 0.259 e. The number of thiophene rings is 1. The molecule has 0 amide bonds. The van der Waals surface area contributed by atoms with Crippen molar-refractivity contribution in [3.05, 3.63) is 45.6 Å². The Morgan fingerprint density at radius 1 is 1.23 bits per heavy atom. The highest BCUT2D eigenvalue weighted by Gasteiger charge is 2.11. The van der Waals surface area contributed by atoms with E-state index >= 15 is 0 Å². The third kappa shape index (κ3) is 2.69. The predicted molar refractivity (Wildman–Crippen MR) is 88.2 cm³/mol. The van der Waals surface area contributed by atoms with Gasteiger partial charge in [0.2, 0.25) is 0 Å². The highest BCUT2D eigenvalue weighted by Crippen LogP contribution is 2.24. The molecule has 0 saturated carbocycles. The molecule has 0 radical (unpaired) electrons. The summed E-state index contributed by atoms with van der Waals surface area (Å²) in [6.07, 6.45) is 2.02. The van der Waals surface area contributed by atoms with E-state index in [4.69, 9.17) is 0 Å². The molecular weight excluding hydrogens is 320 g/mol. The highest BCUT2D eigenvalue weighted by molar-refractivity contribution is 7.90. The number of sulfone groups is 1. The van der Waals surface area contributed by atoms with Gasteiger partial charge in [0.05, 0.1) is 10.3 Å². The number of fused-ring (bicyclic) bond motifs is 1. The highest BCUT2D eigenvalue weighted by atomic mass is 32.2. The fourth-order valence-corrected chi connectivity index (χ4v) is 3.75. The number of rotatable bonds is 3. The molecule has 1 aromatic carbocycles. The molecule has 3 aromatic rings. The lowest BCUT2D eigenvalue weighted by Crippen LogP contribution is -2.08. The van der Waals surface area contributed by atoms with Crippen LogP contribution in [0.1, 0.15) is 11.8 Å². The molecule has 22 heavy (non-hydrogen) atoms. The van der Waals surface area contributed by atoms with Crippen molar-refractivity contribution in [2.75, 3.05) is 6.26 Å². The maximum atomic E-state index is 12.1. The van der Waals surface area contributed by atoms with Crippen molar-refractivity contribution in [2.45, 2.75) is 18.2 Å². The molecule has 0 spiro atoms. The molecule has 7 heteroatoms. The van der Waals surface area contributed by atoms with Crippen molar-refractivity contribution in [2.24, 2.45) is 0 Å². The lowest BCUT2D eigenvalue weighted by molar-refractivity contribution is 0.602. The normalized spacial score (nSPS) is 11.9. The zero-order chi connectivity index (χ0) is 15.9. The van der Waals surface area contributed by atoms with Gasteiger partial charge in [0.1, 0.15) is 10.7 Å². The SMILES string of the molecule is CCc1cc2c(=O)[nH]c(-c3ccc(S(C)(=O)=O)cc3)nc2s1. The largest absolute Gasteiger partial charge is 0.306 e. The van der Waals surface area contributed by atoms with Crippen LogP contribution in [0.25, 0.3) is 21.6 Å². The standard InChI is InChI=1S/C15H14N2O3S2/c1-3-10-8-12-14(18)16-13(17-15(12)21-10)9-4-6-11(7-5-9)22(2,19)20/h4-8H,3H2,1-2H3,(H,16,17,18). The van der Waals surface area contributed by atoms with E-state index in [1.54, 1.807) is 12.1 Å². The summed E-state index contributed by atoms with van der Waals surface area (Å²) in [5.41, 5.74) is 0.501. The Bertz CT molecular complexity index is 999. The molecule has 0 atom stereocenters. The third-order valence-corrected chi connectivity index (χ3v) is 5.66. The van der Waals surface area contributed by atoms with Crippen LogP contribution in [0, 0.1) is 0 Å². The van der Waals surface area contributed by atoms with Gasteiger partial charge in [-0.3, -0.25) is 4.79 Å². The van der Waals surface area contributed by atoms with E-state index in [2.05, 4.69) is 9.97 Å². The zero-order valence-corrected chi connectivity index (χ0v) is 13.7. The minimum atomic E-state index is -3.23. The number of hydrogen-bond donors (Lipinski definition) is 1. The molecule has 0 unspecified atom stereocenters. The molecule has 0 aliphatic rings. The van der Waals surface area contributed by atoms with Gasteiger partial charge in [0.15, 0.2) is 9.84 Å². The molecule has 0 saturated heterocycles. The van der Waals surface area contributed by atoms with Gasteiger partial charge in [0.25, 0.3) is 5.56 Å². The van der Waals surface area contributed by atoms with Crippen molar-refractivity contribution >= 4 is 31.4 Å². The molecule has 114 valence electrons. The molecule has 5 nitrogen and oxygen atoms in total. The lowest BCUT2D eigenvalue weighted by Gasteiger charge is -2.02. The summed E-state index contributed by atoms with van der Waals surface area (Å²) >= 11 is 1.50. The first kappa shape index (κ1) is 14.9. The molecule has 0 fully saturated rings. The number of benzene rings is 1. The summed E-state index contributed by atoms with van der Waals surface area (Å²) in [5, 5.41) is 0.596. The monoisotopic (exact) mass is 334 g/mol. The molecule has 0 bridgehead atoms. The van der Waals surface area contributed by atoms with Gasteiger partial charge in [0, 0.05) is 16.7 Å². The number of nitrogens with one attached hydrogen (secondary N) is 1. The van der Waals surface area contributed by atoms with Gasteiger partial charge < -0.3 is 4.98 Å². The average molecular weight is 334 g/mol. The lowest BCUT2D eigenvalue weighted by atomic mass is 10.2. The van der Waals surface area contributed by atoms with Crippen LogP contribution in [0.3, 0.4) is 0 Å². The molecule has 0 aliphatic carbocycles. The van der Waals surface area contributed by atoms with E-state index in [1.807, 2.05) is 13.0 Å². The Morgan fingerprint density at radius 3 is 2.50 bits per heavy atom. The van der Waals surface area contributed by atoms with Crippen LogP contribution >= 0.6 is 11.3 Å². The van der Waals surface area contributed by atoms with Gasteiger partial charge in [-0.15, -0.1) is 11.3 Å². The Kier molecular flexibility index (Phi) is 3.62. The van der Waals surface area contributed by atoms with Crippen molar-refractivity contribution in [1.82, 2.24) is 9.97 Å². The second-order valence-corrected chi connectivity index (χ2v) is 8.13. The minimum Gasteiger partial charge on any atom is -0.306 e. The molecule has 2 aromatic heterocycles. The van der Waals surface area contributed by atoms with E-state index in [9.17, 15) is 13.2 Å². The number of aromatic nitrogens is 2. The van der Waals surface area contributed by atoms with Gasteiger partial charge in [-0.25, -0.2) is 13.4 Å². The zero-order valence-electron chi connectivity index (χ0n) is 12.1. The first-order valence-electron chi connectivity index (χ1n) is 6.71. The first-order valence-corrected chi connectivity index (χ1v) is 9.42. The average Bonchev–Trinajstić information content (AvgIpc) is 2.90. The van der Waals surface area contributed by atoms with Gasteiger partial charge in [-0.2, -0.15) is 0 Å². The number of aromatic amines is 1. The van der Waals surface area contributed by atoms with Crippen molar-refractivity contribution < 1.29 is 8.42 Å². The van der Waals surface area contributed by atoms with Crippen LogP contribution < -0.4 is 5.56 Å². The van der Waals surface area contributed by atoms with Gasteiger partial charge >= 0.3 is 0 Å². The molecule has 2 heterocycles. The van der Waals surface area contributed by atoms with E-state index in [0.29, 0.717) is 21.6 Å². The van der Waals surface area contributed by atoms with Crippen LogP contribution in [0.15, 0.2) is 40.0 Å². The van der Waals surface area contributed by atoms with Crippen molar-refractivity contribution in [3.8, 4) is 11.4 Å². The third-order valence-electron chi connectivity index (χ3n) is 3.36. The van der Waals surface area contributed by atoms with Gasteiger partial charge in [-0.1, -0.05) is 6.92 Å². The van der Waals surface area contributed by atoms with E-state index in [-0.39, 0.29) is 10.5 Å². The van der Waals surface area contributed by atoms with Crippen molar-refractivity contribution in [1.29, 1.82) is 0 Å². The second kappa shape index (κ2) is 5.33.